The molecule has 1 aromatic carbocycles. The van der Waals surface area contributed by atoms with E-state index < -0.39 is 5.91 Å². The lowest BCUT2D eigenvalue weighted by Crippen LogP contribution is -2.16. The Morgan fingerprint density at radius 2 is 2.27 bits per heavy atom. The minimum atomic E-state index is -0.450. The maximum absolute atomic E-state index is 11.2. The van der Waals surface area contributed by atoms with Crippen LogP contribution in [0.15, 0.2) is 24.3 Å². The Bertz CT molecular complexity index is 504. The quantitative estimate of drug-likeness (QED) is 0.605. The molecule has 15 heavy (non-hydrogen) atoms. The zero-order chi connectivity index (χ0) is 10.8. The average Bonchev–Trinajstić information content (AvgIpc) is 2.70. The number of carbonyl (C=O) groups excluding carboxylic acids is 1. The molecule has 0 aliphatic rings. The van der Waals surface area contributed by atoms with Gasteiger partial charge in [0, 0.05) is 4.70 Å². The molecule has 0 bridgehead atoms. The molecule has 1 heterocycles. The van der Waals surface area contributed by atoms with E-state index in [1.54, 1.807) is 11.5 Å². The summed E-state index contributed by atoms with van der Waals surface area (Å²) in [5.41, 5.74) is 2.89. The SMILES string of the molecule is CCc1ccc2cc(C(=O)NO)sc2c1. The maximum Gasteiger partial charge on any atom is 0.284 e. The highest BCUT2D eigenvalue weighted by molar-refractivity contribution is 7.20. The molecular weight excluding hydrogens is 210 g/mol. The lowest BCUT2D eigenvalue weighted by atomic mass is 10.1. The summed E-state index contributed by atoms with van der Waals surface area (Å²) in [5, 5.41) is 9.56. The van der Waals surface area contributed by atoms with Gasteiger partial charge in [0.15, 0.2) is 0 Å². The summed E-state index contributed by atoms with van der Waals surface area (Å²) in [6.07, 6.45) is 0.982. The van der Waals surface area contributed by atoms with Gasteiger partial charge in [-0.05, 0) is 29.5 Å². The van der Waals surface area contributed by atoms with Crippen molar-refractivity contribution in [2.45, 2.75) is 13.3 Å². The fraction of sp³-hybridized carbons (Fsp3) is 0.182. The predicted molar refractivity (Wildman–Crippen MR) is 60.5 cm³/mol. The van der Waals surface area contributed by atoms with E-state index in [9.17, 15) is 4.79 Å². The first-order valence-corrected chi connectivity index (χ1v) is 5.53. The van der Waals surface area contributed by atoms with Gasteiger partial charge in [-0.3, -0.25) is 10.0 Å². The molecule has 0 unspecified atom stereocenters. The van der Waals surface area contributed by atoms with Gasteiger partial charge >= 0.3 is 0 Å². The second kappa shape index (κ2) is 4.00. The molecular formula is C11H11NO2S. The molecule has 2 aromatic rings. The van der Waals surface area contributed by atoms with Crippen LogP contribution in [0.1, 0.15) is 22.2 Å². The number of hydrogen-bond acceptors (Lipinski definition) is 3. The van der Waals surface area contributed by atoms with E-state index in [0.29, 0.717) is 4.88 Å². The van der Waals surface area contributed by atoms with Gasteiger partial charge in [-0.2, -0.15) is 0 Å². The van der Waals surface area contributed by atoms with Gasteiger partial charge in [0.2, 0.25) is 0 Å². The van der Waals surface area contributed by atoms with Gasteiger partial charge in [-0.25, -0.2) is 5.48 Å². The number of thiophene rings is 1. The predicted octanol–water partition coefficient (Wildman–Crippen LogP) is 2.58. The molecule has 0 fully saturated rings. The maximum atomic E-state index is 11.2. The molecule has 0 atom stereocenters. The van der Waals surface area contributed by atoms with E-state index in [1.807, 2.05) is 6.07 Å². The molecule has 0 aliphatic heterocycles. The molecule has 0 aliphatic carbocycles. The van der Waals surface area contributed by atoms with Gasteiger partial charge < -0.3 is 0 Å². The number of hydroxylamine groups is 1. The Morgan fingerprint density at radius 1 is 1.47 bits per heavy atom. The second-order valence-electron chi connectivity index (χ2n) is 3.28. The minimum absolute atomic E-state index is 0.450. The van der Waals surface area contributed by atoms with Gasteiger partial charge in [0.1, 0.15) is 0 Å². The van der Waals surface area contributed by atoms with Crippen molar-refractivity contribution >= 4 is 27.3 Å². The normalized spacial score (nSPS) is 10.5. The van der Waals surface area contributed by atoms with Crippen LogP contribution in [0.4, 0.5) is 0 Å². The number of amides is 1. The van der Waals surface area contributed by atoms with E-state index in [2.05, 4.69) is 19.1 Å². The van der Waals surface area contributed by atoms with Crippen LogP contribution in [0.3, 0.4) is 0 Å². The minimum Gasteiger partial charge on any atom is -0.288 e. The van der Waals surface area contributed by atoms with Crippen molar-refractivity contribution in [3.05, 3.63) is 34.7 Å². The molecule has 2 rings (SSSR count). The van der Waals surface area contributed by atoms with Crippen molar-refractivity contribution in [1.82, 2.24) is 5.48 Å². The Hall–Kier alpha value is -1.39. The number of rotatable bonds is 2. The summed E-state index contributed by atoms with van der Waals surface area (Å²) < 4.78 is 1.08. The summed E-state index contributed by atoms with van der Waals surface area (Å²) in [5.74, 6) is -0.450. The molecule has 2 N–H and O–H groups in total. The topological polar surface area (TPSA) is 49.3 Å². The van der Waals surface area contributed by atoms with Crippen molar-refractivity contribution in [3.63, 3.8) is 0 Å². The molecule has 78 valence electrons. The summed E-state index contributed by atoms with van der Waals surface area (Å²) in [6, 6.07) is 7.91. The smallest absolute Gasteiger partial charge is 0.284 e. The lowest BCUT2D eigenvalue weighted by Gasteiger charge is -1.94. The Kier molecular flexibility index (Phi) is 2.70. The van der Waals surface area contributed by atoms with Crippen molar-refractivity contribution in [3.8, 4) is 0 Å². The largest absolute Gasteiger partial charge is 0.288 e. The Morgan fingerprint density at radius 3 is 2.93 bits per heavy atom. The number of benzene rings is 1. The van der Waals surface area contributed by atoms with Crippen LogP contribution in [-0.4, -0.2) is 11.1 Å². The third-order valence-corrected chi connectivity index (χ3v) is 3.41. The zero-order valence-corrected chi connectivity index (χ0v) is 9.10. The lowest BCUT2D eigenvalue weighted by molar-refractivity contribution is 0.0711. The van der Waals surface area contributed by atoms with Gasteiger partial charge in [0.25, 0.3) is 5.91 Å². The average molecular weight is 221 g/mol. The highest BCUT2D eigenvalue weighted by Crippen LogP contribution is 2.26. The fourth-order valence-electron chi connectivity index (χ4n) is 1.46. The molecule has 0 radical (unpaired) electrons. The van der Waals surface area contributed by atoms with Gasteiger partial charge in [0.05, 0.1) is 4.88 Å². The number of aryl methyl sites for hydroxylation is 1. The molecule has 0 spiro atoms. The highest BCUT2D eigenvalue weighted by Gasteiger charge is 2.08. The van der Waals surface area contributed by atoms with Crippen molar-refractivity contribution in [2.75, 3.05) is 0 Å². The molecule has 0 saturated heterocycles. The molecule has 1 aromatic heterocycles. The second-order valence-corrected chi connectivity index (χ2v) is 4.36. The first-order valence-electron chi connectivity index (χ1n) is 4.71. The van der Waals surface area contributed by atoms with Gasteiger partial charge in [-0.1, -0.05) is 19.1 Å². The summed E-state index contributed by atoms with van der Waals surface area (Å²) >= 11 is 1.39. The van der Waals surface area contributed by atoms with E-state index in [4.69, 9.17) is 5.21 Å². The monoisotopic (exact) mass is 221 g/mol. The van der Waals surface area contributed by atoms with Crippen molar-refractivity contribution in [1.29, 1.82) is 0 Å². The molecule has 3 nitrogen and oxygen atoms in total. The van der Waals surface area contributed by atoms with Crippen LogP contribution in [0.25, 0.3) is 10.1 Å². The third kappa shape index (κ3) is 1.86. The first kappa shape index (κ1) is 10.1. The van der Waals surface area contributed by atoms with Crippen LogP contribution in [0.5, 0.6) is 0 Å². The van der Waals surface area contributed by atoms with E-state index in [1.165, 1.54) is 16.9 Å². The van der Waals surface area contributed by atoms with Crippen LogP contribution < -0.4 is 5.48 Å². The number of nitrogens with one attached hydrogen (secondary N) is 1. The van der Waals surface area contributed by atoms with Crippen LogP contribution in [0, 0.1) is 0 Å². The van der Waals surface area contributed by atoms with E-state index in [-0.39, 0.29) is 0 Å². The highest BCUT2D eigenvalue weighted by atomic mass is 32.1. The number of carbonyl (C=O) groups is 1. The Balaban J connectivity index is 2.51. The third-order valence-electron chi connectivity index (χ3n) is 2.32. The number of fused-ring (bicyclic) bond motifs is 1. The van der Waals surface area contributed by atoms with E-state index in [0.717, 1.165) is 16.5 Å². The summed E-state index contributed by atoms with van der Waals surface area (Å²) in [6.45, 7) is 2.09. The summed E-state index contributed by atoms with van der Waals surface area (Å²) in [7, 11) is 0. The Labute approximate surface area is 91.3 Å². The zero-order valence-electron chi connectivity index (χ0n) is 8.28. The number of hydrogen-bond donors (Lipinski definition) is 2. The van der Waals surface area contributed by atoms with Crippen molar-refractivity contribution < 1.29 is 10.0 Å². The van der Waals surface area contributed by atoms with Crippen LogP contribution in [-0.2, 0) is 6.42 Å². The van der Waals surface area contributed by atoms with E-state index >= 15 is 0 Å². The van der Waals surface area contributed by atoms with Gasteiger partial charge in [-0.15, -0.1) is 11.3 Å². The molecule has 4 heteroatoms. The molecule has 1 amide bonds. The van der Waals surface area contributed by atoms with Crippen LogP contribution in [0.2, 0.25) is 0 Å². The standard InChI is InChI=1S/C11H11NO2S/c1-2-7-3-4-8-6-10(11(13)12-14)15-9(8)5-7/h3-6,14H,2H2,1H3,(H,12,13). The molecule has 0 saturated carbocycles. The summed E-state index contributed by atoms with van der Waals surface area (Å²) in [4.78, 5) is 11.7. The van der Waals surface area contributed by atoms with Crippen LogP contribution >= 0.6 is 11.3 Å². The fourth-order valence-corrected chi connectivity index (χ4v) is 2.48. The first-order chi connectivity index (χ1) is 7.24. The van der Waals surface area contributed by atoms with Crippen molar-refractivity contribution in [2.24, 2.45) is 0 Å².